The summed E-state index contributed by atoms with van der Waals surface area (Å²) in [4.78, 5) is 13.5. The van der Waals surface area contributed by atoms with Crippen molar-refractivity contribution in [2.75, 3.05) is 31.6 Å². The molecule has 2 atom stereocenters. The SMILES string of the molecule is CN1CCC(C2CCSCC2)C(C(=O)O)C1. The van der Waals surface area contributed by atoms with Crippen LogP contribution in [0.15, 0.2) is 0 Å². The molecule has 2 saturated heterocycles. The minimum atomic E-state index is -0.588. The van der Waals surface area contributed by atoms with Gasteiger partial charge in [-0.3, -0.25) is 4.79 Å². The summed E-state index contributed by atoms with van der Waals surface area (Å²) in [5.41, 5.74) is 0. The van der Waals surface area contributed by atoms with E-state index >= 15 is 0 Å². The molecule has 0 amide bonds. The summed E-state index contributed by atoms with van der Waals surface area (Å²) in [6, 6.07) is 0. The summed E-state index contributed by atoms with van der Waals surface area (Å²) in [7, 11) is 2.03. The summed E-state index contributed by atoms with van der Waals surface area (Å²) in [5, 5.41) is 9.33. The van der Waals surface area contributed by atoms with Gasteiger partial charge in [-0.15, -0.1) is 0 Å². The van der Waals surface area contributed by atoms with Gasteiger partial charge in [0.1, 0.15) is 0 Å². The highest BCUT2D eigenvalue weighted by Gasteiger charge is 2.38. The first-order valence-corrected chi connectivity index (χ1v) is 7.33. The number of carbonyl (C=O) groups is 1. The van der Waals surface area contributed by atoms with Crippen LogP contribution in [-0.4, -0.2) is 47.6 Å². The van der Waals surface area contributed by atoms with Crippen molar-refractivity contribution >= 4 is 17.7 Å². The van der Waals surface area contributed by atoms with Crippen LogP contribution in [0, 0.1) is 17.8 Å². The van der Waals surface area contributed by atoms with Crippen LogP contribution in [-0.2, 0) is 4.79 Å². The summed E-state index contributed by atoms with van der Waals surface area (Å²) >= 11 is 2.01. The van der Waals surface area contributed by atoms with E-state index in [1.165, 1.54) is 24.3 Å². The fourth-order valence-corrected chi connectivity index (χ4v) is 4.25. The summed E-state index contributed by atoms with van der Waals surface area (Å²) in [5.74, 6) is 2.82. The van der Waals surface area contributed by atoms with Crippen molar-refractivity contribution in [3.05, 3.63) is 0 Å². The van der Waals surface area contributed by atoms with Crippen LogP contribution in [0.1, 0.15) is 19.3 Å². The molecule has 2 rings (SSSR count). The number of carboxylic acid groups (broad SMARTS) is 1. The van der Waals surface area contributed by atoms with Gasteiger partial charge >= 0.3 is 5.97 Å². The summed E-state index contributed by atoms with van der Waals surface area (Å²) < 4.78 is 0. The molecule has 0 aromatic heterocycles. The monoisotopic (exact) mass is 243 g/mol. The van der Waals surface area contributed by atoms with Crippen LogP contribution in [0.5, 0.6) is 0 Å². The van der Waals surface area contributed by atoms with E-state index < -0.39 is 5.97 Å². The Balaban J connectivity index is 2.02. The zero-order chi connectivity index (χ0) is 11.5. The van der Waals surface area contributed by atoms with Crippen molar-refractivity contribution in [1.82, 2.24) is 4.90 Å². The number of aliphatic carboxylic acids is 1. The third-order valence-corrected chi connectivity index (χ3v) is 5.11. The quantitative estimate of drug-likeness (QED) is 0.802. The van der Waals surface area contributed by atoms with Gasteiger partial charge < -0.3 is 10.0 Å². The van der Waals surface area contributed by atoms with Gasteiger partial charge in [-0.05, 0) is 56.2 Å². The Labute approximate surface area is 102 Å². The van der Waals surface area contributed by atoms with Crippen LogP contribution in [0.25, 0.3) is 0 Å². The van der Waals surface area contributed by atoms with Gasteiger partial charge in [0, 0.05) is 6.54 Å². The maximum absolute atomic E-state index is 11.3. The van der Waals surface area contributed by atoms with E-state index in [0.717, 1.165) is 19.5 Å². The molecular weight excluding hydrogens is 222 g/mol. The van der Waals surface area contributed by atoms with Crippen LogP contribution in [0.4, 0.5) is 0 Å². The lowest BCUT2D eigenvalue weighted by Gasteiger charge is -2.40. The molecule has 0 saturated carbocycles. The minimum absolute atomic E-state index is 0.133. The standard InChI is InChI=1S/C12H21NO2S/c1-13-5-2-10(11(8-13)12(14)15)9-3-6-16-7-4-9/h9-11H,2-8H2,1H3,(H,14,15). The fourth-order valence-electron chi connectivity index (χ4n) is 3.10. The maximum Gasteiger partial charge on any atom is 0.308 e. The molecule has 2 aliphatic heterocycles. The second-order valence-electron chi connectivity index (χ2n) is 5.11. The van der Waals surface area contributed by atoms with Crippen molar-refractivity contribution in [1.29, 1.82) is 0 Å². The Hall–Kier alpha value is -0.220. The average molecular weight is 243 g/mol. The highest BCUT2D eigenvalue weighted by Crippen LogP contribution is 2.37. The fraction of sp³-hybridized carbons (Fsp3) is 0.917. The van der Waals surface area contributed by atoms with E-state index in [1.54, 1.807) is 0 Å². The van der Waals surface area contributed by atoms with Crippen LogP contribution in [0.2, 0.25) is 0 Å². The molecule has 4 heteroatoms. The number of likely N-dealkylation sites (tertiary alicyclic amines) is 1. The van der Waals surface area contributed by atoms with Gasteiger partial charge in [-0.25, -0.2) is 0 Å². The molecular formula is C12H21NO2S. The average Bonchev–Trinajstić information content (AvgIpc) is 2.30. The molecule has 92 valence electrons. The highest BCUT2D eigenvalue weighted by atomic mass is 32.2. The van der Waals surface area contributed by atoms with Crippen molar-refractivity contribution in [2.45, 2.75) is 19.3 Å². The van der Waals surface area contributed by atoms with E-state index in [0.29, 0.717) is 11.8 Å². The lowest BCUT2D eigenvalue weighted by molar-refractivity contribution is -0.147. The van der Waals surface area contributed by atoms with Crippen molar-refractivity contribution in [3.63, 3.8) is 0 Å². The number of rotatable bonds is 2. The van der Waals surface area contributed by atoms with Crippen molar-refractivity contribution in [3.8, 4) is 0 Å². The second kappa shape index (κ2) is 5.41. The maximum atomic E-state index is 11.3. The molecule has 0 aromatic carbocycles. The number of piperidine rings is 1. The number of hydrogen-bond donors (Lipinski definition) is 1. The predicted molar refractivity (Wildman–Crippen MR) is 66.8 cm³/mol. The number of carboxylic acids is 1. The Kier molecular flexibility index (Phi) is 4.14. The Bertz CT molecular complexity index is 253. The molecule has 0 bridgehead atoms. The normalized spacial score (nSPS) is 33.8. The zero-order valence-electron chi connectivity index (χ0n) is 9.89. The largest absolute Gasteiger partial charge is 0.481 e. The molecule has 0 aromatic rings. The van der Waals surface area contributed by atoms with E-state index in [9.17, 15) is 9.90 Å². The third-order valence-electron chi connectivity index (χ3n) is 4.06. The molecule has 0 radical (unpaired) electrons. The molecule has 16 heavy (non-hydrogen) atoms. The molecule has 2 unspecified atom stereocenters. The van der Waals surface area contributed by atoms with Gasteiger partial charge in [0.15, 0.2) is 0 Å². The van der Waals surface area contributed by atoms with Gasteiger partial charge in [0.2, 0.25) is 0 Å². The van der Waals surface area contributed by atoms with E-state index in [1.807, 2.05) is 18.8 Å². The molecule has 2 fully saturated rings. The first kappa shape index (κ1) is 12.2. The van der Waals surface area contributed by atoms with Gasteiger partial charge in [0.05, 0.1) is 5.92 Å². The molecule has 3 nitrogen and oxygen atoms in total. The molecule has 2 heterocycles. The number of thioether (sulfide) groups is 1. The van der Waals surface area contributed by atoms with Gasteiger partial charge in [-0.2, -0.15) is 11.8 Å². The smallest absolute Gasteiger partial charge is 0.308 e. The molecule has 1 N–H and O–H groups in total. The molecule has 2 aliphatic rings. The lowest BCUT2D eigenvalue weighted by Crippen LogP contribution is -2.45. The Morgan fingerprint density at radius 1 is 1.31 bits per heavy atom. The molecule has 0 spiro atoms. The topological polar surface area (TPSA) is 40.5 Å². The highest BCUT2D eigenvalue weighted by molar-refractivity contribution is 7.99. The summed E-state index contributed by atoms with van der Waals surface area (Å²) in [6.07, 6.45) is 3.52. The van der Waals surface area contributed by atoms with Crippen LogP contribution >= 0.6 is 11.8 Å². The second-order valence-corrected chi connectivity index (χ2v) is 6.33. The van der Waals surface area contributed by atoms with Crippen molar-refractivity contribution < 1.29 is 9.90 Å². The van der Waals surface area contributed by atoms with Gasteiger partial charge in [-0.1, -0.05) is 0 Å². The minimum Gasteiger partial charge on any atom is -0.481 e. The third kappa shape index (κ3) is 2.72. The number of hydrogen-bond acceptors (Lipinski definition) is 3. The zero-order valence-corrected chi connectivity index (χ0v) is 10.7. The van der Waals surface area contributed by atoms with Crippen molar-refractivity contribution in [2.24, 2.45) is 17.8 Å². The Morgan fingerprint density at radius 2 is 2.00 bits per heavy atom. The first-order chi connectivity index (χ1) is 7.68. The lowest BCUT2D eigenvalue weighted by atomic mass is 9.74. The van der Waals surface area contributed by atoms with Crippen LogP contribution < -0.4 is 0 Å². The predicted octanol–water partition coefficient (Wildman–Crippen LogP) is 1.78. The first-order valence-electron chi connectivity index (χ1n) is 6.17. The van der Waals surface area contributed by atoms with E-state index in [4.69, 9.17) is 0 Å². The van der Waals surface area contributed by atoms with Crippen LogP contribution in [0.3, 0.4) is 0 Å². The summed E-state index contributed by atoms with van der Waals surface area (Å²) in [6.45, 7) is 1.81. The van der Waals surface area contributed by atoms with Gasteiger partial charge in [0.25, 0.3) is 0 Å². The van der Waals surface area contributed by atoms with E-state index in [-0.39, 0.29) is 5.92 Å². The Morgan fingerprint density at radius 3 is 2.62 bits per heavy atom. The van der Waals surface area contributed by atoms with E-state index in [2.05, 4.69) is 4.90 Å². The number of nitrogens with zero attached hydrogens (tertiary/aromatic N) is 1. The molecule has 0 aliphatic carbocycles.